The molecule has 2 fully saturated rings. The molecule has 1 aromatic carbocycles. The monoisotopic (exact) mass is 569 g/mol. The number of hydrogen-bond acceptors (Lipinski definition) is 5. The van der Waals surface area contributed by atoms with Crippen LogP contribution in [0.15, 0.2) is 24.3 Å². The van der Waals surface area contributed by atoms with E-state index in [9.17, 15) is 18.4 Å². The van der Waals surface area contributed by atoms with E-state index in [0.29, 0.717) is 24.1 Å². The van der Waals surface area contributed by atoms with Gasteiger partial charge in [0.1, 0.15) is 11.3 Å². The number of aromatic nitrogens is 2. The Morgan fingerprint density at radius 2 is 1.82 bits per heavy atom. The second-order valence-corrected chi connectivity index (χ2v) is 11.0. The van der Waals surface area contributed by atoms with Gasteiger partial charge in [0.2, 0.25) is 0 Å². The summed E-state index contributed by atoms with van der Waals surface area (Å²) >= 11 is 0. The number of aryl methyl sites for hydroxylation is 1. The Bertz CT molecular complexity index is 1090. The maximum atomic E-state index is 13.3. The van der Waals surface area contributed by atoms with Crippen LogP contribution in [0.2, 0.25) is 0 Å². The molecule has 4 rings (SSSR count). The van der Waals surface area contributed by atoms with Crippen LogP contribution in [0.25, 0.3) is 0 Å². The molecule has 2 atom stereocenters. The number of hydrogen-bond donors (Lipinski definition) is 0. The first-order valence-corrected chi connectivity index (χ1v) is 13.0. The summed E-state index contributed by atoms with van der Waals surface area (Å²) in [6.45, 7) is 9.83. The largest absolute Gasteiger partial charge is 0.457 e. The fraction of sp³-hybridized carbons (Fsp3) is 0.621. The Morgan fingerprint density at radius 3 is 2.37 bits per heavy atom. The molecule has 38 heavy (non-hydrogen) atoms. The molecule has 2 aliphatic rings. The molecule has 2 saturated carbocycles. The van der Waals surface area contributed by atoms with Gasteiger partial charge >= 0.3 is 5.97 Å². The molecule has 1 aromatic heterocycles. The molecule has 0 radical (unpaired) electrons. The quantitative estimate of drug-likeness (QED) is 0.264. The second kappa shape index (κ2) is 13.3. The summed E-state index contributed by atoms with van der Waals surface area (Å²) in [5, 5.41) is 4.09. The van der Waals surface area contributed by atoms with Crippen LogP contribution in [0, 0.1) is 13.0 Å². The van der Waals surface area contributed by atoms with E-state index < -0.39 is 11.5 Å². The molecule has 1 heterocycles. The molecule has 2 aromatic rings. The maximum Gasteiger partial charge on any atom is 0.303 e. The predicted octanol–water partition coefficient (Wildman–Crippen LogP) is 6.25. The summed E-state index contributed by atoms with van der Waals surface area (Å²) in [6.07, 6.45) is 5.57. The summed E-state index contributed by atoms with van der Waals surface area (Å²) < 4.78 is 39.1. The number of carbonyl (C=O) groups is 2. The van der Waals surface area contributed by atoms with Crippen molar-refractivity contribution in [3.63, 3.8) is 0 Å². The van der Waals surface area contributed by atoms with E-state index in [1.54, 1.807) is 0 Å². The van der Waals surface area contributed by atoms with Crippen LogP contribution in [0.4, 0.5) is 8.78 Å². The third kappa shape index (κ3) is 9.59. The summed E-state index contributed by atoms with van der Waals surface area (Å²) in [6, 6.07) is 11.2. The molecule has 0 saturated heterocycles. The van der Waals surface area contributed by atoms with Crippen molar-refractivity contribution < 1.29 is 45.2 Å². The van der Waals surface area contributed by atoms with Crippen LogP contribution in [0.3, 0.4) is 0 Å². The van der Waals surface area contributed by atoms with E-state index >= 15 is 0 Å². The van der Waals surface area contributed by atoms with Crippen LogP contribution in [0.5, 0.6) is 0 Å². The van der Waals surface area contributed by atoms with Gasteiger partial charge in [0, 0.05) is 37.1 Å². The maximum absolute atomic E-state index is 13.3. The first-order chi connectivity index (χ1) is 17.2. The number of rotatable bonds is 9. The number of alkyl halides is 2. The van der Waals surface area contributed by atoms with Crippen molar-refractivity contribution in [2.24, 2.45) is 0 Å². The number of esters is 1. The third-order valence-corrected chi connectivity index (χ3v) is 6.50. The van der Waals surface area contributed by atoms with Gasteiger partial charge in [0.25, 0.3) is 5.92 Å². The molecule has 0 amide bonds. The zero-order valence-electron chi connectivity index (χ0n) is 23.2. The van der Waals surface area contributed by atoms with Crippen LogP contribution in [-0.2, 0) is 48.9 Å². The average molecular weight is 570 g/mol. The van der Waals surface area contributed by atoms with Gasteiger partial charge in [-0.05, 0) is 58.4 Å². The first-order valence-electron chi connectivity index (χ1n) is 13.0. The van der Waals surface area contributed by atoms with Gasteiger partial charge in [-0.15, -0.1) is 0 Å². The van der Waals surface area contributed by atoms with Gasteiger partial charge < -0.3 is 9.47 Å². The number of Topliss-reactive ketones (excluding diaryl/α,β-unsaturated/α-hetero) is 1. The van der Waals surface area contributed by atoms with E-state index in [4.69, 9.17) is 9.47 Å². The predicted molar refractivity (Wildman–Crippen MR) is 137 cm³/mol. The molecule has 0 aliphatic heterocycles. The Kier molecular flexibility index (Phi) is 11.3. The van der Waals surface area contributed by atoms with Gasteiger partial charge in [0.15, 0.2) is 5.78 Å². The summed E-state index contributed by atoms with van der Waals surface area (Å²) in [5.41, 5.74) is 2.36. The minimum absolute atomic E-state index is 0. The number of halogens is 2. The van der Waals surface area contributed by atoms with Crippen molar-refractivity contribution in [3.8, 4) is 0 Å². The minimum Gasteiger partial charge on any atom is -0.457 e. The minimum atomic E-state index is -2.95. The summed E-state index contributed by atoms with van der Waals surface area (Å²) in [7, 11) is 0. The molecule has 2 aliphatic carbocycles. The van der Waals surface area contributed by atoms with Gasteiger partial charge in [-0.25, -0.2) is 0 Å². The number of ether oxygens (including phenoxy) is 2. The molecule has 0 bridgehead atoms. The molecule has 1 unspecified atom stereocenters. The Hall–Kier alpha value is -2.08. The smallest absolute Gasteiger partial charge is 0.303 e. The average Bonchev–Trinajstić information content (AvgIpc) is 3.34. The molecule has 0 N–H and O–H groups in total. The number of carbonyl (C=O) groups excluding carboxylic acids is 2. The van der Waals surface area contributed by atoms with Crippen molar-refractivity contribution in [1.82, 2.24) is 9.78 Å². The molecular weight excluding hydrogens is 530 g/mol. The molecule has 210 valence electrons. The molecule has 6 nitrogen and oxygen atoms in total. The van der Waals surface area contributed by atoms with Crippen LogP contribution < -0.4 is 0 Å². The van der Waals surface area contributed by atoms with E-state index in [2.05, 4.69) is 36.3 Å². The second-order valence-electron chi connectivity index (χ2n) is 11.0. The van der Waals surface area contributed by atoms with E-state index in [1.807, 2.05) is 13.8 Å². The van der Waals surface area contributed by atoms with Crippen LogP contribution >= 0.6 is 0 Å². The summed E-state index contributed by atoms with van der Waals surface area (Å²) in [5.74, 6) is -2.67. The number of nitrogens with zero attached hydrogens (tertiary/aromatic N) is 2. The van der Waals surface area contributed by atoms with E-state index in [1.165, 1.54) is 37.5 Å². The Morgan fingerprint density at radius 1 is 1.13 bits per heavy atom. The van der Waals surface area contributed by atoms with Crippen molar-refractivity contribution in [2.45, 2.75) is 110 Å². The van der Waals surface area contributed by atoms with Crippen molar-refractivity contribution >= 4 is 11.8 Å². The van der Waals surface area contributed by atoms with Crippen LogP contribution in [-0.4, -0.2) is 39.8 Å². The molecule has 0 spiro atoms. The SMILES string of the molecule is CC(=O)Cn1nc(C2CC2)cc1C(C)(F)F.CC(=O)OC(C)(C)COC1CCC[C@@H]1c1[c-]c(C)ccc1.[Cr]. The zero-order chi connectivity index (χ0) is 27.4. The zero-order valence-corrected chi connectivity index (χ0v) is 24.5. The van der Waals surface area contributed by atoms with E-state index in [-0.39, 0.29) is 47.5 Å². The fourth-order valence-electron chi connectivity index (χ4n) is 4.73. The molecule has 9 heteroatoms. The topological polar surface area (TPSA) is 70.4 Å². The van der Waals surface area contributed by atoms with Crippen molar-refractivity contribution in [3.05, 3.63) is 52.8 Å². The van der Waals surface area contributed by atoms with E-state index in [0.717, 1.165) is 37.3 Å². The summed E-state index contributed by atoms with van der Waals surface area (Å²) in [4.78, 5) is 22.1. The van der Waals surface area contributed by atoms with Gasteiger partial charge in [0.05, 0.1) is 24.9 Å². The van der Waals surface area contributed by atoms with Crippen molar-refractivity contribution in [1.29, 1.82) is 0 Å². The first kappa shape index (κ1) is 32.1. The Labute approximate surface area is 235 Å². The van der Waals surface area contributed by atoms with Crippen molar-refractivity contribution in [2.75, 3.05) is 6.61 Å². The molecular formula is C29H39CrF2N2O4-. The van der Waals surface area contributed by atoms with Gasteiger partial charge in [-0.3, -0.25) is 14.3 Å². The fourth-order valence-corrected chi connectivity index (χ4v) is 4.73. The normalized spacial score (nSPS) is 19.3. The third-order valence-electron chi connectivity index (χ3n) is 6.50. The van der Waals surface area contributed by atoms with Gasteiger partial charge in [-0.2, -0.15) is 49.3 Å². The Balaban J connectivity index is 0.000000269. The van der Waals surface area contributed by atoms with Crippen LogP contribution in [0.1, 0.15) is 101 Å². The number of benzene rings is 1. The number of ketones is 1. The standard InChI is InChI=1S/C18H25O3.C11H14F2N2O.Cr/c1-13-7-5-8-15(11-13)16-9-6-10-17(16)20-12-18(3,4)21-14(2)19;1-7(16)6-15-10(11(2,12)13)5-9(14-15)8-3-4-8;/h5,7-8,16-17H,6,9-10,12H2,1-4H3;5,8H,3-4,6H2,1-2H3;/q-1;;/t16-,17?;;/m1../s1. The van der Waals surface area contributed by atoms with Gasteiger partial charge in [-0.1, -0.05) is 13.3 Å².